The van der Waals surface area contributed by atoms with E-state index in [1.807, 2.05) is 0 Å². The van der Waals surface area contributed by atoms with Gasteiger partial charge in [0.15, 0.2) is 5.25 Å². The summed E-state index contributed by atoms with van der Waals surface area (Å²) in [5, 5.41) is 7.07. The van der Waals surface area contributed by atoms with E-state index in [9.17, 15) is 16.8 Å². The standard InChI is InChI=1S/C3H6O8S2/c1-2(12(5,6)7)3(4)10-13(8,9)11-3/h2,4H,1H3,(H,5,6,7). The van der Waals surface area contributed by atoms with Crippen LogP contribution in [0.4, 0.5) is 0 Å². The summed E-state index contributed by atoms with van der Waals surface area (Å²) in [4.78, 5) is 0. The van der Waals surface area contributed by atoms with E-state index in [2.05, 4.69) is 8.37 Å². The predicted octanol–water partition coefficient (Wildman–Crippen LogP) is -1.80. The van der Waals surface area contributed by atoms with Crippen LogP contribution >= 0.6 is 0 Å². The largest absolute Gasteiger partial charge is 0.409 e. The van der Waals surface area contributed by atoms with Crippen molar-refractivity contribution in [3.63, 3.8) is 0 Å². The Morgan fingerprint density at radius 2 is 1.77 bits per heavy atom. The Labute approximate surface area is 74.2 Å². The maximum absolute atomic E-state index is 10.4. The zero-order valence-corrected chi connectivity index (χ0v) is 7.87. The first-order chi connectivity index (χ1) is 5.57. The Balaban J connectivity index is 2.89. The van der Waals surface area contributed by atoms with Crippen molar-refractivity contribution in [1.29, 1.82) is 0 Å². The Morgan fingerprint density at radius 1 is 1.38 bits per heavy atom. The monoisotopic (exact) mass is 234 g/mol. The molecule has 0 bridgehead atoms. The van der Waals surface area contributed by atoms with Crippen LogP contribution in [0.2, 0.25) is 0 Å². The lowest BCUT2D eigenvalue weighted by molar-refractivity contribution is -0.324. The van der Waals surface area contributed by atoms with E-state index in [-0.39, 0.29) is 0 Å². The molecular formula is C3H6O8S2. The fourth-order valence-corrected chi connectivity index (χ4v) is 2.10. The summed E-state index contributed by atoms with van der Waals surface area (Å²) < 4.78 is 57.3. The Kier molecular flexibility index (Phi) is 2.18. The van der Waals surface area contributed by atoms with Gasteiger partial charge in [-0.3, -0.25) is 4.55 Å². The molecule has 0 saturated carbocycles. The van der Waals surface area contributed by atoms with Gasteiger partial charge < -0.3 is 5.11 Å². The molecule has 1 rings (SSSR count). The van der Waals surface area contributed by atoms with Crippen LogP contribution in [0.5, 0.6) is 0 Å². The van der Waals surface area contributed by atoms with E-state index in [1.54, 1.807) is 0 Å². The number of hydrogen-bond donors (Lipinski definition) is 2. The second-order valence-corrected chi connectivity index (χ2v) is 5.25. The smallest absolute Gasteiger partial charge is 0.341 e. The lowest BCUT2D eigenvalue weighted by Crippen LogP contribution is -2.59. The van der Waals surface area contributed by atoms with Crippen molar-refractivity contribution in [2.24, 2.45) is 0 Å². The molecule has 0 aliphatic carbocycles. The second kappa shape index (κ2) is 2.62. The molecule has 0 aromatic rings. The Morgan fingerprint density at radius 3 is 2.00 bits per heavy atom. The summed E-state index contributed by atoms with van der Waals surface area (Å²) >= 11 is 0. The summed E-state index contributed by atoms with van der Waals surface area (Å²) in [5.74, 6) is -2.83. The lowest BCUT2D eigenvalue weighted by atomic mass is 10.4. The third kappa shape index (κ3) is 1.98. The van der Waals surface area contributed by atoms with Crippen LogP contribution in [-0.4, -0.2) is 37.7 Å². The van der Waals surface area contributed by atoms with Crippen molar-refractivity contribution in [2.75, 3.05) is 0 Å². The molecule has 0 amide bonds. The molecule has 1 heterocycles. The van der Waals surface area contributed by atoms with Crippen LogP contribution < -0.4 is 0 Å². The van der Waals surface area contributed by atoms with Gasteiger partial charge in [0.2, 0.25) is 0 Å². The Hall–Kier alpha value is -0.260. The molecule has 1 aliphatic rings. The molecule has 2 N–H and O–H groups in total. The molecular weight excluding hydrogens is 228 g/mol. The van der Waals surface area contributed by atoms with Gasteiger partial charge in [0.05, 0.1) is 0 Å². The van der Waals surface area contributed by atoms with E-state index < -0.39 is 31.7 Å². The lowest BCUT2D eigenvalue weighted by Gasteiger charge is -2.36. The first-order valence-electron chi connectivity index (χ1n) is 2.92. The van der Waals surface area contributed by atoms with Crippen molar-refractivity contribution in [3.05, 3.63) is 0 Å². The van der Waals surface area contributed by atoms with Crippen LogP contribution in [0, 0.1) is 0 Å². The number of aliphatic hydroxyl groups is 1. The van der Waals surface area contributed by atoms with Crippen molar-refractivity contribution < 1.29 is 34.9 Å². The van der Waals surface area contributed by atoms with Crippen LogP contribution in [0.15, 0.2) is 0 Å². The molecule has 0 spiro atoms. The van der Waals surface area contributed by atoms with Gasteiger partial charge in [0.1, 0.15) is 0 Å². The van der Waals surface area contributed by atoms with Gasteiger partial charge in [-0.2, -0.15) is 25.2 Å². The highest BCUT2D eigenvalue weighted by molar-refractivity contribution is 7.87. The van der Waals surface area contributed by atoms with Gasteiger partial charge in [-0.25, -0.2) is 0 Å². The first kappa shape index (κ1) is 10.8. The highest BCUT2D eigenvalue weighted by Crippen LogP contribution is 2.33. The third-order valence-corrected chi connectivity index (χ3v) is 3.48. The van der Waals surface area contributed by atoms with E-state index in [0.29, 0.717) is 0 Å². The zero-order valence-electron chi connectivity index (χ0n) is 6.24. The molecule has 1 fully saturated rings. The molecule has 10 heteroatoms. The van der Waals surface area contributed by atoms with Crippen molar-refractivity contribution in [1.82, 2.24) is 0 Å². The summed E-state index contributed by atoms with van der Waals surface area (Å²) in [6.07, 6.45) is 0. The Bertz CT molecular complexity index is 391. The summed E-state index contributed by atoms with van der Waals surface area (Å²) in [7, 11) is -8.96. The minimum atomic E-state index is -4.64. The molecule has 0 aromatic carbocycles. The summed E-state index contributed by atoms with van der Waals surface area (Å²) in [5.41, 5.74) is 0. The van der Waals surface area contributed by atoms with E-state index in [0.717, 1.165) is 6.92 Å². The van der Waals surface area contributed by atoms with Gasteiger partial charge in [0.25, 0.3) is 10.1 Å². The highest BCUT2D eigenvalue weighted by atomic mass is 32.3. The molecule has 0 radical (unpaired) electrons. The summed E-state index contributed by atoms with van der Waals surface area (Å²) in [6.45, 7) is 0.823. The van der Waals surface area contributed by atoms with E-state index in [4.69, 9.17) is 9.66 Å². The van der Waals surface area contributed by atoms with E-state index in [1.165, 1.54) is 0 Å². The fraction of sp³-hybridized carbons (Fsp3) is 1.00. The SMILES string of the molecule is CC(C1(O)OS(=O)(=O)O1)S(=O)(=O)O. The van der Waals surface area contributed by atoms with Crippen LogP contribution in [0.3, 0.4) is 0 Å². The van der Waals surface area contributed by atoms with Crippen molar-refractivity contribution >= 4 is 20.5 Å². The van der Waals surface area contributed by atoms with Gasteiger partial charge >= 0.3 is 16.4 Å². The maximum Gasteiger partial charge on any atom is 0.409 e. The number of hydrogen-bond acceptors (Lipinski definition) is 7. The maximum atomic E-state index is 10.4. The second-order valence-electron chi connectivity index (χ2n) is 2.36. The molecule has 8 nitrogen and oxygen atoms in total. The quantitative estimate of drug-likeness (QED) is 0.536. The van der Waals surface area contributed by atoms with Crippen LogP contribution in [-0.2, 0) is 28.9 Å². The van der Waals surface area contributed by atoms with Crippen molar-refractivity contribution in [3.8, 4) is 0 Å². The number of rotatable bonds is 2. The summed E-state index contributed by atoms with van der Waals surface area (Å²) in [6, 6.07) is 0. The highest BCUT2D eigenvalue weighted by Gasteiger charge is 2.59. The molecule has 1 unspecified atom stereocenters. The van der Waals surface area contributed by atoms with Crippen LogP contribution in [0.25, 0.3) is 0 Å². The topological polar surface area (TPSA) is 127 Å². The normalized spacial score (nSPS) is 27.6. The van der Waals surface area contributed by atoms with Crippen molar-refractivity contribution in [2.45, 2.75) is 18.1 Å². The fourth-order valence-electron chi connectivity index (χ4n) is 0.622. The minimum Gasteiger partial charge on any atom is -0.341 e. The van der Waals surface area contributed by atoms with Gasteiger partial charge in [-0.1, -0.05) is 0 Å². The molecule has 0 aromatic heterocycles. The molecule has 1 atom stereocenters. The first-order valence-corrected chi connectivity index (χ1v) is 5.75. The molecule has 1 saturated heterocycles. The predicted molar refractivity (Wildman–Crippen MR) is 37.1 cm³/mol. The van der Waals surface area contributed by atoms with Gasteiger partial charge in [-0.15, -0.1) is 0 Å². The van der Waals surface area contributed by atoms with E-state index >= 15 is 0 Å². The molecule has 13 heavy (non-hydrogen) atoms. The average Bonchev–Trinajstić information content (AvgIpc) is 1.79. The minimum absolute atomic E-state index is 0.823. The average molecular weight is 234 g/mol. The zero-order chi connectivity index (χ0) is 10.5. The molecule has 78 valence electrons. The van der Waals surface area contributed by atoms with Gasteiger partial charge in [-0.05, 0) is 6.92 Å². The van der Waals surface area contributed by atoms with Gasteiger partial charge in [0, 0.05) is 0 Å². The third-order valence-electron chi connectivity index (χ3n) is 1.40. The van der Waals surface area contributed by atoms with Crippen LogP contribution in [0.1, 0.15) is 6.92 Å². The molecule has 1 aliphatic heterocycles.